The fraction of sp³-hybridized carbons (Fsp3) is 0.133. The van der Waals surface area contributed by atoms with Crippen LogP contribution in [0, 0.1) is 5.82 Å². The van der Waals surface area contributed by atoms with Crippen molar-refractivity contribution in [1.29, 1.82) is 0 Å². The van der Waals surface area contributed by atoms with Gasteiger partial charge in [0.2, 0.25) is 0 Å². The maximum Gasteiger partial charge on any atom is 0.173 e. The van der Waals surface area contributed by atoms with E-state index in [1.165, 1.54) is 6.07 Å². The van der Waals surface area contributed by atoms with Crippen molar-refractivity contribution in [2.75, 3.05) is 12.4 Å². The van der Waals surface area contributed by atoms with E-state index in [0.717, 1.165) is 11.4 Å². The third-order valence-corrected chi connectivity index (χ3v) is 3.04. The molecule has 2 rings (SSSR count). The van der Waals surface area contributed by atoms with Crippen LogP contribution in [0.25, 0.3) is 0 Å². The van der Waals surface area contributed by atoms with E-state index in [1.54, 1.807) is 19.2 Å². The number of rotatable bonds is 5. The minimum atomic E-state index is -0.506. The van der Waals surface area contributed by atoms with E-state index >= 15 is 0 Å². The van der Waals surface area contributed by atoms with Gasteiger partial charge in [0.1, 0.15) is 11.6 Å². The number of hydrogen-bond acceptors (Lipinski definition) is 4. The Hall–Kier alpha value is -2.76. The second-order valence-corrected chi connectivity index (χ2v) is 4.35. The van der Waals surface area contributed by atoms with E-state index < -0.39 is 5.82 Å². The summed E-state index contributed by atoms with van der Waals surface area (Å²) in [6.07, 6.45) is 0. The number of anilines is 1. The first kappa shape index (κ1) is 14.6. The van der Waals surface area contributed by atoms with E-state index in [4.69, 9.17) is 15.7 Å². The lowest BCUT2D eigenvalue weighted by molar-refractivity contribution is 0.318. The van der Waals surface area contributed by atoms with Crippen LogP contribution < -0.4 is 15.8 Å². The Kier molecular flexibility index (Phi) is 4.61. The van der Waals surface area contributed by atoms with Gasteiger partial charge in [-0.3, -0.25) is 0 Å². The fourth-order valence-corrected chi connectivity index (χ4v) is 1.87. The number of benzene rings is 2. The van der Waals surface area contributed by atoms with Crippen molar-refractivity contribution in [2.45, 2.75) is 6.54 Å². The summed E-state index contributed by atoms with van der Waals surface area (Å²) in [5.74, 6) is -0.00623. The van der Waals surface area contributed by atoms with Gasteiger partial charge in [-0.2, -0.15) is 0 Å². The maximum atomic E-state index is 14.2. The Bertz CT molecular complexity index is 642. The summed E-state index contributed by atoms with van der Waals surface area (Å²) < 4.78 is 19.3. The van der Waals surface area contributed by atoms with Crippen LogP contribution in [0.3, 0.4) is 0 Å². The molecule has 5 nitrogen and oxygen atoms in total. The van der Waals surface area contributed by atoms with Gasteiger partial charge in [0, 0.05) is 17.8 Å². The number of nitrogens with two attached hydrogens (primary N) is 1. The number of ether oxygens (including phenoxy) is 1. The van der Waals surface area contributed by atoms with Gasteiger partial charge in [0.05, 0.1) is 12.7 Å². The third-order valence-electron chi connectivity index (χ3n) is 3.04. The molecular formula is C15H16FN3O2. The molecule has 0 aliphatic rings. The molecule has 0 fully saturated rings. The number of amidine groups is 1. The summed E-state index contributed by atoms with van der Waals surface area (Å²) in [5.41, 5.74) is 6.77. The SMILES string of the molecule is COc1ccc(NCc2cccc(/C(N)=N/O)c2F)cc1. The lowest BCUT2D eigenvalue weighted by Crippen LogP contribution is -2.16. The second-order valence-electron chi connectivity index (χ2n) is 4.35. The number of nitrogens with zero attached hydrogens (tertiary/aromatic N) is 1. The molecule has 0 aromatic heterocycles. The summed E-state index contributed by atoms with van der Waals surface area (Å²) in [6, 6.07) is 12.0. The molecule has 2 aromatic carbocycles. The first-order valence-corrected chi connectivity index (χ1v) is 6.29. The Morgan fingerprint density at radius 1 is 1.29 bits per heavy atom. The van der Waals surface area contributed by atoms with Crippen LogP contribution in [0.1, 0.15) is 11.1 Å². The van der Waals surface area contributed by atoms with E-state index in [1.807, 2.05) is 24.3 Å². The van der Waals surface area contributed by atoms with Gasteiger partial charge in [-0.25, -0.2) is 4.39 Å². The van der Waals surface area contributed by atoms with Crippen molar-refractivity contribution in [1.82, 2.24) is 0 Å². The van der Waals surface area contributed by atoms with Crippen molar-refractivity contribution >= 4 is 11.5 Å². The quantitative estimate of drug-likeness (QED) is 0.342. The molecule has 2 aromatic rings. The zero-order chi connectivity index (χ0) is 15.2. The molecular weight excluding hydrogens is 273 g/mol. The molecule has 0 saturated carbocycles. The molecule has 0 atom stereocenters. The van der Waals surface area contributed by atoms with Gasteiger partial charge in [-0.05, 0) is 30.3 Å². The number of oxime groups is 1. The molecule has 0 saturated heterocycles. The average Bonchev–Trinajstić information content (AvgIpc) is 2.53. The highest BCUT2D eigenvalue weighted by Crippen LogP contribution is 2.18. The molecule has 110 valence electrons. The van der Waals surface area contributed by atoms with E-state index in [9.17, 15) is 4.39 Å². The van der Waals surface area contributed by atoms with Gasteiger partial charge >= 0.3 is 0 Å². The second kappa shape index (κ2) is 6.60. The highest BCUT2D eigenvalue weighted by molar-refractivity contribution is 5.97. The van der Waals surface area contributed by atoms with Crippen molar-refractivity contribution in [2.24, 2.45) is 10.9 Å². The monoisotopic (exact) mass is 289 g/mol. The molecule has 0 amide bonds. The van der Waals surface area contributed by atoms with Gasteiger partial charge in [-0.1, -0.05) is 17.3 Å². The van der Waals surface area contributed by atoms with Crippen molar-refractivity contribution in [3.05, 3.63) is 59.4 Å². The minimum absolute atomic E-state index is 0.0755. The number of methoxy groups -OCH3 is 1. The van der Waals surface area contributed by atoms with Crippen LogP contribution in [0.15, 0.2) is 47.6 Å². The zero-order valence-electron chi connectivity index (χ0n) is 11.5. The predicted molar refractivity (Wildman–Crippen MR) is 79.2 cm³/mol. The van der Waals surface area contributed by atoms with Gasteiger partial charge in [0.25, 0.3) is 0 Å². The number of halogens is 1. The smallest absolute Gasteiger partial charge is 0.173 e. The summed E-state index contributed by atoms with van der Waals surface area (Å²) in [4.78, 5) is 0. The van der Waals surface area contributed by atoms with Crippen LogP contribution in [-0.2, 0) is 6.54 Å². The normalized spacial score (nSPS) is 11.2. The minimum Gasteiger partial charge on any atom is -0.497 e. The standard InChI is InChI=1S/C15H16FN3O2/c1-21-12-7-5-11(6-8-12)18-9-10-3-2-4-13(14(10)16)15(17)19-20/h2-8,18,20H,9H2,1H3,(H2,17,19). The molecule has 0 spiro atoms. The Morgan fingerprint density at radius 2 is 2.00 bits per heavy atom. The van der Waals surface area contributed by atoms with Crippen molar-refractivity contribution < 1.29 is 14.3 Å². The fourth-order valence-electron chi connectivity index (χ4n) is 1.87. The summed E-state index contributed by atoms with van der Waals surface area (Å²) in [5, 5.41) is 14.5. The predicted octanol–water partition coefficient (Wildman–Crippen LogP) is 2.54. The molecule has 0 unspecified atom stereocenters. The topological polar surface area (TPSA) is 79.9 Å². The Morgan fingerprint density at radius 3 is 2.62 bits per heavy atom. The largest absolute Gasteiger partial charge is 0.497 e. The van der Waals surface area contributed by atoms with Gasteiger partial charge in [-0.15, -0.1) is 0 Å². The van der Waals surface area contributed by atoms with Crippen LogP contribution in [-0.4, -0.2) is 18.2 Å². The van der Waals surface area contributed by atoms with Crippen LogP contribution in [0.2, 0.25) is 0 Å². The lowest BCUT2D eigenvalue weighted by atomic mass is 10.1. The van der Waals surface area contributed by atoms with Gasteiger partial charge in [0.15, 0.2) is 5.84 Å². The summed E-state index contributed by atoms with van der Waals surface area (Å²) >= 11 is 0. The van der Waals surface area contributed by atoms with E-state index in [-0.39, 0.29) is 17.9 Å². The lowest BCUT2D eigenvalue weighted by Gasteiger charge is -2.10. The Balaban J connectivity index is 2.12. The maximum absolute atomic E-state index is 14.2. The van der Waals surface area contributed by atoms with E-state index in [0.29, 0.717) is 5.56 Å². The van der Waals surface area contributed by atoms with Crippen LogP contribution >= 0.6 is 0 Å². The first-order valence-electron chi connectivity index (χ1n) is 6.29. The third kappa shape index (κ3) is 3.42. The van der Waals surface area contributed by atoms with Crippen molar-refractivity contribution in [3.63, 3.8) is 0 Å². The molecule has 21 heavy (non-hydrogen) atoms. The Labute approximate surface area is 121 Å². The van der Waals surface area contributed by atoms with Crippen molar-refractivity contribution in [3.8, 4) is 5.75 Å². The molecule has 6 heteroatoms. The number of hydrogen-bond donors (Lipinski definition) is 3. The summed E-state index contributed by atoms with van der Waals surface area (Å²) in [7, 11) is 1.59. The molecule has 0 aliphatic carbocycles. The molecule has 0 aliphatic heterocycles. The van der Waals surface area contributed by atoms with E-state index in [2.05, 4.69) is 10.5 Å². The van der Waals surface area contributed by atoms with Crippen LogP contribution in [0.4, 0.5) is 10.1 Å². The highest BCUT2D eigenvalue weighted by Gasteiger charge is 2.11. The molecule has 4 N–H and O–H groups in total. The molecule has 0 heterocycles. The number of nitrogens with one attached hydrogen (secondary N) is 1. The first-order chi connectivity index (χ1) is 10.2. The molecule has 0 radical (unpaired) electrons. The zero-order valence-corrected chi connectivity index (χ0v) is 11.5. The highest BCUT2D eigenvalue weighted by atomic mass is 19.1. The summed E-state index contributed by atoms with van der Waals surface area (Å²) in [6.45, 7) is 0.282. The van der Waals surface area contributed by atoms with Crippen LogP contribution in [0.5, 0.6) is 5.75 Å². The average molecular weight is 289 g/mol. The molecule has 0 bridgehead atoms. The van der Waals surface area contributed by atoms with Gasteiger partial charge < -0.3 is 21.0 Å².